The molecule has 1 heterocycles. The van der Waals surface area contributed by atoms with Gasteiger partial charge >= 0.3 is 0 Å². The van der Waals surface area contributed by atoms with Gasteiger partial charge in [0.15, 0.2) is 0 Å². The highest BCUT2D eigenvalue weighted by Gasteiger charge is 2.46. The monoisotopic (exact) mass is 471 g/mol. The molecule has 6 heteroatoms. The zero-order valence-corrected chi connectivity index (χ0v) is 20.2. The Morgan fingerprint density at radius 2 is 1.74 bits per heavy atom. The van der Waals surface area contributed by atoms with Crippen molar-refractivity contribution in [2.24, 2.45) is 0 Å². The molecule has 6 nitrogen and oxygen atoms in total. The van der Waals surface area contributed by atoms with Crippen molar-refractivity contribution in [3.63, 3.8) is 0 Å². The molecule has 1 saturated heterocycles. The number of aryl methyl sites for hydroxylation is 1. The summed E-state index contributed by atoms with van der Waals surface area (Å²) in [5, 5.41) is 11.3. The third-order valence-corrected chi connectivity index (χ3v) is 6.03. The van der Waals surface area contributed by atoms with Crippen LogP contribution in [0.3, 0.4) is 0 Å². The fourth-order valence-corrected chi connectivity index (χ4v) is 4.33. The molecule has 0 saturated carbocycles. The molecule has 1 atom stereocenters. The Morgan fingerprint density at radius 3 is 2.43 bits per heavy atom. The molecule has 0 bridgehead atoms. The number of benzene rings is 3. The third-order valence-electron chi connectivity index (χ3n) is 6.03. The number of ether oxygens (including phenoxy) is 2. The Labute approximate surface area is 205 Å². The van der Waals surface area contributed by atoms with Crippen molar-refractivity contribution in [3.05, 3.63) is 101 Å². The first-order valence-corrected chi connectivity index (χ1v) is 11.6. The van der Waals surface area contributed by atoms with E-state index in [1.54, 1.807) is 31.4 Å². The fourth-order valence-electron chi connectivity index (χ4n) is 4.33. The van der Waals surface area contributed by atoms with E-state index < -0.39 is 17.7 Å². The number of hydrogen-bond donors (Lipinski definition) is 1. The van der Waals surface area contributed by atoms with E-state index >= 15 is 0 Å². The molecule has 1 N–H and O–H groups in total. The van der Waals surface area contributed by atoms with Crippen LogP contribution in [0.1, 0.15) is 41.6 Å². The van der Waals surface area contributed by atoms with Gasteiger partial charge in [0.2, 0.25) is 0 Å². The number of carbonyl (C=O) groups excluding carboxylic acids is 2. The van der Waals surface area contributed by atoms with E-state index in [2.05, 4.69) is 0 Å². The van der Waals surface area contributed by atoms with Gasteiger partial charge in [0.05, 0.1) is 31.9 Å². The second-order valence-corrected chi connectivity index (χ2v) is 8.53. The van der Waals surface area contributed by atoms with Crippen LogP contribution in [0.15, 0.2) is 78.4 Å². The van der Waals surface area contributed by atoms with Gasteiger partial charge in [-0.05, 0) is 49.2 Å². The van der Waals surface area contributed by atoms with Crippen molar-refractivity contribution in [1.29, 1.82) is 0 Å². The summed E-state index contributed by atoms with van der Waals surface area (Å²) in [6, 6.07) is 21.2. The Kier molecular flexibility index (Phi) is 7.20. The van der Waals surface area contributed by atoms with Crippen molar-refractivity contribution >= 4 is 17.4 Å². The zero-order valence-electron chi connectivity index (χ0n) is 20.2. The number of Topliss-reactive ketones (excluding diaryl/α,β-unsaturated/α-hetero) is 1. The van der Waals surface area contributed by atoms with Crippen LogP contribution in [0.2, 0.25) is 0 Å². The third kappa shape index (κ3) is 4.92. The van der Waals surface area contributed by atoms with Crippen molar-refractivity contribution in [2.75, 3.05) is 13.7 Å². The van der Waals surface area contributed by atoms with Crippen LogP contribution < -0.4 is 9.47 Å². The van der Waals surface area contributed by atoms with E-state index in [0.717, 1.165) is 23.1 Å². The lowest BCUT2D eigenvalue weighted by Gasteiger charge is -2.26. The Hall–Kier alpha value is -4.06. The molecule has 1 fully saturated rings. The first-order chi connectivity index (χ1) is 16.9. The standard InChI is InChI=1S/C29H29NO5/c1-4-16-35-23-14-12-20(13-15-23)27(31)25-26(21-10-7-8-19(2)17-21)30(29(33)28(25)32)18-22-9-5-6-11-24(22)34-3/h5-15,17,26,31H,4,16,18H2,1-3H3/b27-25-. The lowest BCUT2D eigenvalue weighted by molar-refractivity contribution is -0.140. The number of para-hydroxylation sites is 1. The van der Waals surface area contributed by atoms with Crippen LogP contribution in [-0.2, 0) is 16.1 Å². The predicted octanol–water partition coefficient (Wildman–Crippen LogP) is 5.41. The smallest absolute Gasteiger partial charge is 0.295 e. The van der Waals surface area contributed by atoms with Crippen LogP contribution in [0.25, 0.3) is 5.76 Å². The number of likely N-dealkylation sites (tertiary alicyclic amines) is 1. The topological polar surface area (TPSA) is 76.1 Å². The number of aliphatic hydroxyl groups excluding tert-OH is 1. The van der Waals surface area contributed by atoms with Gasteiger partial charge < -0.3 is 19.5 Å². The van der Waals surface area contributed by atoms with Crippen LogP contribution in [0.4, 0.5) is 0 Å². The van der Waals surface area contributed by atoms with E-state index in [4.69, 9.17) is 9.47 Å². The van der Waals surface area contributed by atoms with Gasteiger partial charge in [0.1, 0.15) is 17.3 Å². The molecule has 1 amide bonds. The molecular formula is C29H29NO5. The number of nitrogens with zero attached hydrogens (tertiary/aromatic N) is 1. The van der Waals surface area contributed by atoms with E-state index in [9.17, 15) is 14.7 Å². The maximum Gasteiger partial charge on any atom is 0.295 e. The molecule has 1 unspecified atom stereocenters. The van der Waals surface area contributed by atoms with Gasteiger partial charge in [-0.2, -0.15) is 0 Å². The molecule has 35 heavy (non-hydrogen) atoms. The van der Waals surface area contributed by atoms with E-state index in [-0.39, 0.29) is 17.9 Å². The maximum absolute atomic E-state index is 13.3. The summed E-state index contributed by atoms with van der Waals surface area (Å²) in [5.41, 5.74) is 3.03. The SMILES string of the molecule is CCCOc1ccc(/C(O)=C2/C(=O)C(=O)N(Cc3ccccc3OC)C2c2cccc(C)c2)cc1. The molecule has 3 aromatic carbocycles. The largest absolute Gasteiger partial charge is 0.507 e. The molecular weight excluding hydrogens is 442 g/mol. The van der Waals surface area contributed by atoms with Gasteiger partial charge in [-0.1, -0.05) is 55.0 Å². The quantitative estimate of drug-likeness (QED) is 0.270. The summed E-state index contributed by atoms with van der Waals surface area (Å²) in [5.74, 6) is -0.281. The summed E-state index contributed by atoms with van der Waals surface area (Å²) in [4.78, 5) is 28.1. The van der Waals surface area contributed by atoms with Crippen molar-refractivity contribution in [2.45, 2.75) is 32.9 Å². The molecule has 1 aliphatic heterocycles. The van der Waals surface area contributed by atoms with E-state index in [0.29, 0.717) is 23.7 Å². The number of methoxy groups -OCH3 is 1. The molecule has 0 spiro atoms. The van der Waals surface area contributed by atoms with Crippen LogP contribution in [-0.4, -0.2) is 35.4 Å². The normalized spacial score (nSPS) is 17.0. The second-order valence-electron chi connectivity index (χ2n) is 8.53. The van der Waals surface area contributed by atoms with Crippen molar-refractivity contribution in [1.82, 2.24) is 4.90 Å². The Bertz CT molecular complexity index is 1260. The van der Waals surface area contributed by atoms with E-state index in [1.807, 2.05) is 62.4 Å². The highest BCUT2D eigenvalue weighted by atomic mass is 16.5. The van der Waals surface area contributed by atoms with Crippen molar-refractivity contribution < 1.29 is 24.2 Å². The number of rotatable bonds is 8. The summed E-state index contributed by atoms with van der Waals surface area (Å²) in [7, 11) is 1.57. The minimum absolute atomic E-state index is 0.0673. The Morgan fingerprint density at radius 1 is 1.00 bits per heavy atom. The molecule has 1 aliphatic rings. The molecule has 0 radical (unpaired) electrons. The minimum atomic E-state index is -0.740. The first-order valence-electron chi connectivity index (χ1n) is 11.6. The van der Waals surface area contributed by atoms with Crippen LogP contribution in [0, 0.1) is 6.92 Å². The minimum Gasteiger partial charge on any atom is -0.507 e. The number of ketones is 1. The molecule has 3 aromatic rings. The number of carbonyl (C=O) groups is 2. The number of amides is 1. The highest BCUT2D eigenvalue weighted by molar-refractivity contribution is 6.46. The molecule has 0 aromatic heterocycles. The van der Waals surface area contributed by atoms with Gasteiger partial charge in [-0.3, -0.25) is 9.59 Å². The highest BCUT2D eigenvalue weighted by Crippen LogP contribution is 2.41. The van der Waals surface area contributed by atoms with Crippen LogP contribution >= 0.6 is 0 Å². The van der Waals surface area contributed by atoms with E-state index in [1.165, 1.54) is 4.90 Å². The van der Waals surface area contributed by atoms with Crippen molar-refractivity contribution in [3.8, 4) is 11.5 Å². The average Bonchev–Trinajstić information content (AvgIpc) is 3.12. The van der Waals surface area contributed by atoms with Gasteiger partial charge in [-0.15, -0.1) is 0 Å². The lowest BCUT2D eigenvalue weighted by Crippen LogP contribution is -2.29. The summed E-state index contributed by atoms with van der Waals surface area (Å²) in [6.07, 6.45) is 0.883. The van der Waals surface area contributed by atoms with Crippen LogP contribution in [0.5, 0.6) is 11.5 Å². The second kappa shape index (κ2) is 10.5. The average molecular weight is 472 g/mol. The zero-order chi connectivity index (χ0) is 24.9. The molecule has 0 aliphatic carbocycles. The van der Waals surface area contributed by atoms with Gasteiger partial charge in [0.25, 0.3) is 11.7 Å². The lowest BCUT2D eigenvalue weighted by atomic mass is 9.94. The van der Waals surface area contributed by atoms with Gasteiger partial charge in [-0.25, -0.2) is 0 Å². The summed E-state index contributed by atoms with van der Waals surface area (Å²) >= 11 is 0. The summed E-state index contributed by atoms with van der Waals surface area (Å²) < 4.78 is 11.1. The fraction of sp³-hybridized carbons (Fsp3) is 0.241. The predicted molar refractivity (Wildman–Crippen MR) is 134 cm³/mol. The number of hydrogen-bond acceptors (Lipinski definition) is 5. The van der Waals surface area contributed by atoms with Gasteiger partial charge in [0, 0.05) is 11.1 Å². The maximum atomic E-state index is 13.3. The first kappa shape index (κ1) is 24.1. The molecule has 4 rings (SSSR count). The molecule has 180 valence electrons. The Balaban J connectivity index is 1.80. The summed E-state index contributed by atoms with van der Waals surface area (Å²) in [6.45, 7) is 4.72. The number of aliphatic hydroxyl groups is 1.